The van der Waals surface area contributed by atoms with E-state index in [9.17, 15) is 4.79 Å². The molecule has 0 aliphatic carbocycles. The van der Waals surface area contributed by atoms with Crippen molar-refractivity contribution < 1.29 is 9.90 Å². The number of carbonyl (C=O) groups excluding carboxylic acids is 1. The van der Waals surface area contributed by atoms with Crippen LogP contribution in [0.1, 0.15) is 46.1 Å². The van der Waals surface area contributed by atoms with Crippen LogP contribution in [0.4, 0.5) is 11.4 Å². The molecule has 0 fully saturated rings. The summed E-state index contributed by atoms with van der Waals surface area (Å²) in [5.74, 6) is 0. The lowest BCUT2D eigenvalue weighted by Crippen LogP contribution is -2.00. The van der Waals surface area contributed by atoms with Crippen LogP contribution in [-0.4, -0.2) is 38.8 Å². The molecule has 2 aromatic carbocycles. The second-order valence-corrected chi connectivity index (χ2v) is 6.35. The number of nitrogen functional groups attached to an aromatic ring is 1. The molecule has 5 N–H and O–H groups in total. The van der Waals surface area contributed by atoms with E-state index < -0.39 is 0 Å². The summed E-state index contributed by atoms with van der Waals surface area (Å²) in [6.45, 7) is 8.47. The summed E-state index contributed by atoms with van der Waals surface area (Å²) >= 11 is 0. The van der Waals surface area contributed by atoms with Crippen LogP contribution in [0.2, 0.25) is 0 Å². The fourth-order valence-corrected chi connectivity index (χ4v) is 1.95. The van der Waals surface area contributed by atoms with Crippen LogP contribution in [-0.2, 0) is 11.4 Å². The van der Waals surface area contributed by atoms with Gasteiger partial charge in [-0.3, -0.25) is 4.99 Å². The maximum absolute atomic E-state index is 9.80. The summed E-state index contributed by atoms with van der Waals surface area (Å²) in [6.07, 6.45) is 5.39. The van der Waals surface area contributed by atoms with Crippen LogP contribution in [0.5, 0.6) is 0 Å². The highest BCUT2D eigenvalue weighted by Gasteiger charge is 1.89. The van der Waals surface area contributed by atoms with Gasteiger partial charge in [0.1, 0.15) is 6.29 Å². The number of unbranched alkanes of at least 4 members (excludes halogenated alkanes) is 1. The van der Waals surface area contributed by atoms with Crippen molar-refractivity contribution in [3.05, 3.63) is 71.9 Å². The van der Waals surface area contributed by atoms with Gasteiger partial charge in [-0.2, -0.15) is 0 Å². The molecule has 0 radical (unpaired) electrons. The molecular weight excluding hydrogens is 400 g/mol. The lowest BCUT2D eigenvalue weighted by Gasteiger charge is -2.04. The first-order valence-electron chi connectivity index (χ1n) is 10.4. The zero-order chi connectivity index (χ0) is 23.7. The summed E-state index contributed by atoms with van der Waals surface area (Å²) in [5.41, 5.74) is 9.22. The smallest absolute Gasteiger partial charge is 0.125 e. The second-order valence-electron chi connectivity index (χ2n) is 6.35. The Bertz CT molecular complexity index is 687. The zero-order valence-electron chi connectivity index (χ0n) is 19.5. The third kappa shape index (κ3) is 21.7. The molecular formula is C26H44N4O2. The number of aldehydes is 1. The van der Waals surface area contributed by atoms with Crippen molar-refractivity contribution in [2.45, 2.75) is 47.1 Å². The Morgan fingerprint density at radius 3 is 2.03 bits per heavy atom. The number of aliphatic hydroxyl groups excluding tert-OH is 1. The molecule has 0 heterocycles. The number of hydrogen-bond acceptors (Lipinski definition) is 6. The minimum Gasteiger partial charge on any atom is -0.399 e. The average molecular weight is 445 g/mol. The van der Waals surface area contributed by atoms with Crippen LogP contribution in [0.15, 0.2) is 71.4 Å². The van der Waals surface area contributed by atoms with Crippen molar-refractivity contribution in [2.24, 2.45) is 4.99 Å². The topological polar surface area (TPSA) is 99.7 Å². The number of nitrogens with one attached hydrogen (secondary N) is 2. The molecule has 0 spiro atoms. The number of anilines is 2. The zero-order valence-corrected chi connectivity index (χ0v) is 19.5. The molecule has 6 heteroatoms. The number of benzene rings is 2. The van der Waals surface area contributed by atoms with E-state index in [0.717, 1.165) is 35.5 Å². The fraction of sp³-hybridized carbons (Fsp3) is 0.385. The normalized spacial score (nSPS) is 9.22. The minimum atomic E-state index is 0. The van der Waals surface area contributed by atoms with E-state index in [1.54, 1.807) is 6.08 Å². The number of hydrogen-bond donors (Lipinski definition) is 4. The summed E-state index contributed by atoms with van der Waals surface area (Å²) in [5, 5.41) is 14.6. The molecule has 0 aliphatic rings. The Balaban J connectivity index is -0.000000375. The minimum absolute atomic E-state index is 0. The molecule has 2 aromatic rings. The van der Waals surface area contributed by atoms with Gasteiger partial charge in [-0.15, -0.1) is 0 Å². The first kappa shape index (κ1) is 33.7. The monoisotopic (exact) mass is 444 g/mol. The SMILES string of the molecule is C.C=N/C(=C/C)CC=O.CCCCNc1ccc(N)cc1.CNC.OCc1ccccc1. The molecule has 0 saturated heterocycles. The number of aliphatic hydroxyl groups is 1. The highest BCUT2D eigenvalue weighted by Crippen LogP contribution is 2.10. The summed E-state index contributed by atoms with van der Waals surface area (Å²) < 4.78 is 0. The van der Waals surface area contributed by atoms with Gasteiger partial charge in [-0.1, -0.05) is 57.2 Å². The van der Waals surface area contributed by atoms with Gasteiger partial charge in [0.25, 0.3) is 0 Å². The van der Waals surface area contributed by atoms with Gasteiger partial charge in [-0.05, 0) is 64.0 Å². The number of allylic oxidation sites excluding steroid dienone is 2. The Kier molecular flexibility index (Phi) is 27.4. The van der Waals surface area contributed by atoms with Crippen LogP contribution in [0.25, 0.3) is 0 Å². The van der Waals surface area contributed by atoms with E-state index in [1.165, 1.54) is 12.8 Å². The van der Waals surface area contributed by atoms with E-state index in [2.05, 4.69) is 29.3 Å². The Hall–Kier alpha value is -2.96. The largest absolute Gasteiger partial charge is 0.399 e. The van der Waals surface area contributed by atoms with Gasteiger partial charge < -0.3 is 26.3 Å². The lowest BCUT2D eigenvalue weighted by atomic mass is 10.2. The first-order chi connectivity index (χ1) is 15.0. The highest BCUT2D eigenvalue weighted by atomic mass is 16.3. The molecule has 0 unspecified atom stereocenters. The van der Waals surface area contributed by atoms with E-state index in [0.29, 0.717) is 6.42 Å². The van der Waals surface area contributed by atoms with E-state index in [4.69, 9.17) is 10.8 Å². The number of nitrogens with two attached hydrogens (primary N) is 1. The van der Waals surface area contributed by atoms with Gasteiger partial charge in [0.05, 0.1) is 6.61 Å². The number of nitrogens with zero attached hydrogens (tertiary/aromatic N) is 1. The lowest BCUT2D eigenvalue weighted by molar-refractivity contribution is -0.107. The van der Waals surface area contributed by atoms with Crippen molar-refractivity contribution in [1.82, 2.24) is 5.32 Å². The summed E-state index contributed by atoms with van der Waals surface area (Å²) in [4.78, 5) is 13.4. The summed E-state index contributed by atoms with van der Waals surface area (Å²) in [6, 6.07) is 17.4. The van der Waals surface area contributed by atoms with Crippen molar-refractivity contribution >= 4 is 24.4 Å². The highest BCUT2D eigenvalue weighted by molar-refractivity contribution is 5.54. The molecule has 0 atom stereocenters. The Labute approximate surface area is 195 Å². The maximum atomic E-state index is 9.80. The predicted octanol–water partition coefficient (Wildman–Crippen LogP) is 5.31. The second kappa shape index (κ2) is 26.1. The van der Waals surface area contributed by atoms with Gasteiger partial charge in [0.2, 0.25) is 0 Å². The quantitative estimate of drug-likeness (QED) is 0.191. The van der Waals surface area contributed by atoms with Gasteiger partial charge in [0.15, 0.2) is 0 Å². The molecule has 0 aromatic heterocycles. The van der Waals surface area contributed by atoms with Crippen molar-refractivity contribution in [1.29, 1.82) is 0 Å². The van der Waals surface area contributed by atoms with Crippen LogP contribution in [0.3, 0.4) is 0 Å². The van der Waals surface area contributed by atoms with Crippen LogP contribution >= 0.6 is 0 Å². The van der Waals surface area contributed by atoms with Crippen molar-refractivity contribution in [2.75, 3.05) is 31.7 Å². The maximum Gasteiger partial charge on any atom is 0.125 e. The average Bonchev–Trinajstić information content (AvgIpc) is 2.81. The molecule has 180 valence electrons. The molecule has 0 saturated carbocycles. The van der Waals surface area contributed by atoms with E-state index in [-0.39, 0.29) is 14.0 Å². The third-order valence-electron chi connectivity index (χ3n) is 3.62. The van der Waals surface area contributed by atoms with Gasteiger partial charge >= 0.3 is 0 Å². The Morgan fingerprint density at radius 2 is 1.69 bits per heavy atom. The number of carbonyl (C=O) groups is 1. The first-order valence-corrected chi connectivity index (χ1v) is 10.4. The summed E-state index contributed by atoms with van der Waals surface area (Å²) in [7, 11) is 3.75. The van der Waals surface area contributed by atoms with Gasteiger partial charge in [-0.25, -0.2) is 0 Å². The third-order valence-corrected chi connectivity index (χ3v) is 3.62. The molecule has 2 rings (SSSR count). The Morgan fingerprint density at radius 1 is 1.12 bits per heavy atom. The van der Waals surface area contributed by atoms with Gasteiger partial charge in [0, 0.05) is 30.0 Å². The van der Waals surface area contributed by atoms with E-state index in [1.807, 2.05) is 75.6 Å². The van der Waals surface area contributed by atoms with Crippen LogP contribution < -0.4 is 16.4 Å². The van der Waals surface area contributed by atoms with Crippen LogP contribution in [0, 0.1) is 0 Å². The molecule has 6 nitrogen and oxygen atoms in total. The van der Waals surface area contributed by atoms with Crippen molar-refractivity contribution in [3.63, 3.8) is 0 Å². The van der Waals surface area contributed by atoms with E-state index >= 15 is 0 Å². The number of rotatable bonds is 8. The molecule has 0 aliphatic heterocycles. The van der Waals surface area contributed by atoms with Crippen molar-refractivity contribution in [3.8, 4) is 0 Å². The molecule has 32 heavy (non-hydrogen) atoms. The molecule has 0 bridgehead atoms. The molecule has 0 amide bonds. The fourth-order valence-electron chi connectivity index (χ4n) is 1.95. The predicted molar refractivity (Wildman–Crippen MR) is 142 cm³/mol. The number of aliphatic imine (C=N–C) groups is 1. The standard InChI is InChI=1S/C10H16N2.C7H8O.C6H9NO.C2H7N.CH4/c1-2-3-8-12-10-6-4-9(11)5-7-10;8-6-7-4-2-1-3-5-7;1-3-6(7-2)4-5-8;1-3-2;/h4-7,12H,2-3,8,11H2,1H3;1-5,8H,6H2;3,5H,2,4H2,1H3;3H,1-2H3;1H4/b;;6-3+;;.